The number of halogens is 1. The van der Waals surface area contributed by atoms with Crippen molar-refractivity contribution in [1.29, 1.82) is 0 Å². The van der Waals surface area contributed by atoms with Gasteiger partial charge in [0, 0.05) is 10.6 Å². The summed E-state index contributed by atoms with van der Waals surface area (Å²) in [5, 5.41) is 3.45. The van der Waals surface area contributed by atoms with Gasteiger partial charge in [0.25, 0.3) is 15.9 Å². The van der Waals surface area contributed by atoms with Crippen LogP contribution in [0.5, 0.6) is 5.75 Å². The Bertz CT molecular complexity index is 1440. The number of benzene rings is 4. The number of rotatable bonds is 10. The van der Waals surface area contributed by atoms with Gasteiger partial charge < -0.3 is 10.1 Å². The van der Waals surface area contributed by atoms with Gasteiger partial charge in [-0.15, -0.1) is 0 Å². The van der Waals surface area contributed by atoms with Crippen molar-refractivity contribution < 1.29 is 17.9 Å². The van der Waals surface area contributed by atoms with Gasteiger partial charge in [0.15, 0.2) is 0 Å². The first kappa shape index (κ1) is 26.3. The topological polar surface area (TPSA) is 75.7 Å². The average molecular weight is 535 g/mol. The lowest BCUT2D eigenvalue weighted by atomic mass is 10.1. The van der Waals surface area contributed by atoms with Gasteiger partial charge in [0.2, 0.25) is 0 Å². The molecule has 0 aromatic heterocycles. The van der Waals surface area contributed by atoms with E-state index in [9.17, 15) is 13.2 Å². The summed E-state index contributed by atoms with van der Waals surface area (Å²) in [6.45, 7) is 2.66. The maximum atomic E-state index is 13.4. The zero-order valence-corrected chi connectivity index (χ0v) is 21.9. The van der Waals surface area contributed by atoms with Crippen LogP contribution in [0.2, 0.25) is 5.02 Å². The number of nitrogens with zero attached hydrogens (tertiary/aromatic N) is 1. The van der Waals surface area contributed by atoms with Gasteiger partial charge in [-0.1, -0.05) is 66.2 Å². The normalized spacial score (nSPS) is 11.1. The van der Waals surface area contributed by atoms with Gasteiger partial charge in [-0.2, -0.15) is 0 Å². The highest BCUT2D eigenvalue weighted by Gasteiger charge is 2.25. The second-order valence-corrected chi connectivity index (χ2v) is 10.6. The number of sulfonamides is 1. The molecule has 0 aliphatic heterocycles. The van der Waals surface area contributed by atoms with E-state index in [4.69, 9.17) is 16.3 Å². The van der Waals surface area contributed by atoms with E-state index >= 15 is 0 Å². The molecular formula is C29H27ClN2O4S. The van der Waals surface area contributed by atoms with Gasteiger partial charge in [-0.05, 0) is 66.6 Å². The number of aryl methyl sites for hydroxylation is 1. The van der Waals surface area contributed by atoms with Crippen molar-refractivity contribution in [2.45, 2.75) is 18.4 Å². The lowest BCUT2D eigenvalue weighted by molar-refractivity contribution is 0.0947. The third-order valence-corrected chi connectivity index (χ3v) is 7.91. The van der Waals surface area contributed by atoms with Crippen LogP contribution in [0.4, 0.5) is 5.69 Å². The molecule has 4 aromatic carbocycles. The predicted molar refractivity (Wildman–Crippen MR) is 147 cm³/mol. The Labute approximate surface area is 222 Å². The van der Waals surface area contributed by atoms with Crippen LogP contribution in [0, 0.1) is 6.92 Å². The van der Waals surface area contributed by atoms with E-state index in [0.29, 0.717) is 35.2 Å². The maximum Gasteiger partial charge on any atom is 0.264 e. The Morgan fingerprint density at radius 3 is 2.19 bits per heavy atom. The number of carbonyl (C=O) groups excluding carboxylic acids is 1. The largest absolute Gasteiger partial charge is 0.492 e. The predicted octanol–water partition coefficient (Wildman–Crippen LogP) is 5.85. The fourth-order valence-electron chi connectivity index (χ4n) is 3.66. The first-order valence-corrected chi connectivity index (χ1v) is 13.6. The van der Waals surface area contributed by atoms with Crippen LogP contribution in [0.25, 0.3) is 0 Å². The SMILES string of the molecule is Cc1ccc(OCCNC(=O)c2ccc(CN(c3ccccc3)S(=O)(=O)c3ccccc3)cc2)cc1Cl. The van der Waals surface area contributed by atoms with Gasteiger partial charge in [-0.3, -0.25) is 9.10 Å². The zero-order chi connectivity index (χ0) is 26.3. The first-order chi connectivity index (χ1) is 17.8. The van der Waals surface area contributed by atoms with Crippen LogP contribution < -0.4 is 14.4 Å². The van der Waals surface area contributed by atoms with Crippen molar-refractivity contribution in [1.82, 2.24) is 5.32 Å². The van der Waals surface area contributed by atoms with Crippen molar-refractivity contribution in [3.05, 3.63) is 125 Å². The van der Waals surface area contributed by atoms with E-state index in [1.807, 2.05) is 25.1 Å². The Hall–Kier alpha value is -3.81. The molecular weight excluding hydrogens is 508 g/mol. The minimum Gasteiger partial charge on any atom is -0.492 e. The molecule has 37 heavy (non-hydrogen) atoms. The van der Waals surface area contributed by atoms with Crippen LogP contribution in [-0.4, -0.2) is 27.5 Å². The van der Waals surface area contributed by atoms with Gasteiger partial charge in [0.05, 0.1) is 23.7 Å². The lowest BCUT2D eigenvalue weighted by Crippen LogP contribution is -2.30. The number of nitrogens with one attached hydrogen (secondary N) is 1. The monoisotopic (exact) mass is 534 g/mol. The highest BCUT2D eigenvalue weighted by atomic mass is 35.5. The van der Waals surface area contributed by atoms with Crippen molar-refractivity contribution >= 4 is 33.2 Å². The summed E-state index contributed by atoms with van der Waals surface area (Å²) in [4.78, 5) is 12.8. The second-order valence-electron chi connectivity index (χ2n) is 8.37. The molecule has 190 valence electrons. The van der Waals surface area contributed by atoms with Gasteiger partial charge in [0.1, 0.15) is 12.4 Å². The van der Waals surface area contributed by atoms with Gasteiger partial charge >= 0.3 is 0 Å². The number of carbonyl (C=O) groups is 1. The van der Waals surface area contributed by atoms with Crippen LogP contribution in [-0.2, 0) is 16.6 Å². The van der Waals surface area contributed by atoms with E-state index in [2.05, 4.69) is 5.32 Å². The highest BCUT2D eigenvalue weighted by molar-refractivity contribution is 7.92. The van der Waals surface area contributed by atoms with Gasteiger partial charge in [-0.25, -0.2) is 8.42 Å². The minimum atomic E-state index is -3.79. The quantitative estimate of drug-likeness (QED) is 0.259. The van der Waals surface area contributed by atoms with Crippen LogP contribution in [0.15, 0.2) is 108 Å². The molecule has 0 heterocycles. The maximum absolute atomic E-state index is 13.4. The van der Waals surface area contributed by atoms with Crippen molar-refractivity contribution in [2.75, 3.05) is 17.5 Å². The molecule has 0 unspecified atom stereocenters. The van der Waals surface area contributed by atoms with E-state index in [-0.39, 0.29) is 17.3 Å². The third-order valence-electron chi connectivity index (χ3n) is 5.72. The molecule has 0 saturated carbocycles. The van der Waals surface area contributed by atoms with Crippen LogP contribution in [0.3, 0.4) is 0 Å². The number of hydrogen-bond acceptors (Lipinski definition) is 4. The van der Waals surface area contributed by atoms with Crippen LogP contribution in [0.1, 0.15) is 21.5 Å². The van der Waals surface area contributed by atoms with E-state index in [1.165, 1.54) is 4.31 Å². The van der Waals surface area contributed by atoms with Crippen molar-refractivity contribution in [3.63, 3.8) is 0 Å². The summed E-state index contributed by atoms with van der Waals surface area (Å²) in [5.74, 6) is 0.400. The minimum absolute atomic E-state index is 0.121. The third kappa shape index (κ3) is 6.70. The van der Waals surface area contributed by atoms with E-state index in [0.717, 1.165) is 11.1 Å². The fraction of sp³-hybridized carbons (Fsp3) is 0.138. The summed E-state index contributed by atoms with van der Waals surface area (Å²) < 4.78 is 33.9. The molecule has 0 aliphatic rings. The smallest absolute Gasteiger partial charge is 0.264 e. The summed E-state index contributed by atoms with van der Waals surface area (Å²) in [6, 6.07) is 29.6. The Balaban J connectivity index is 1.40. The molecule has 4 aromatic rings. The standard InChI is InChI=1S/C29H27ClN2O4S/c1-22-12-17-26(20-28(22)30)36-19-18-31-29(33)24-15-13-23(14-16-24)21-32(25-8-4-2-5-9-25)37(34,35)27-10-6-3-7-11-27/h2-17,20H,18-19,21H2,1H3,(H,31,33). The number of para-hydroxylation sites is 1. The zero-order valence-electron chi connectivity index (χ0n) is 20.3. The lowest BCUT2D eigenvalue weighted by Gasteiger charge is -2.25. The molecule has 0 aliphatic carbocycles. The molecule has 0 saturated heterocycles. The molecule has 0 bridgehead atoms. The summed E-state index contributed by atoms with van der Waals surface area (Å²) in [6.07, 6.45) is 0. The van der Waals surface area contributed by atoms with E-state index in [1.54, 1.807) is 84.9 Å². The Kier molecular flexibility index (Phi) is 8.48. The average Bonchev–Trinajstić information content (AvgIpc) is 2.92. The Morgan fingerprint density at radius 1 is 0.892 bits per heavy atom. The summed E-state index contributed by atoms with van der Waals surface area (Å²) >= 11 is 6.11. The van der Waals surface area contributed by atoms with E-state index < -0.39 is 10.0 Å². The molecule has 6 nitrogen and oxygen atoms in total. The van der Waals surface area contributed by atoms with Crippen LogP contribution >= 0.6 is 11.6 Å². The molecule has 8 heteroatoms. The first-order valence-electron chi connectivity index (χ1n) is 11.7. The second kappa shape index (κ2) is 12.0. The summed E-state index contributed by atoms with van der Waals surface area (Å²) in [5.41, 5.74) is 2.75. The molecule has 4 rings (SSSR count). The number of ether oxygens (including phenoxy) is 1. The molecule has 0 radical (unpaired) electrons. The molecule has 0 fully saturated rings. The molecule has 1 N–H and O–H groups in total. The molecule has 0 spiro atoms. The number of anilines is 1. The summed E-state index contributed by atoms with van der Waals surface area (Å²) in [7, 11) is -3.79. The fourth-order valence-corrected chi connectivity index (χ4v) is 5.30. The van der Waals surface area contributed by atoms with Crippen molar-refractivity contribution in [3.8, 4) is 5.75 Å². The highest BCUT2D eigenvalue weighted by Crippen LogP contribution is 2.26. The number of amides is 1. The van der Waals surface area contributed by atoms with Crippen molar-refractivity contribution in [2.24, 2.45) is 0 Å². The number of hydrogen-bond donors (Lipinski definition) is 1. The molecule has 0 atom stereocenters. The molecule has 1 amide bonds. The Morgan fingerprint density at radius 2 is 1.54 bits per heavy atom.